The van der Waals surface area contributed by atoms with Gasteiger partial charge in [-0.2, -0.15) is 0 Å². The first kappa shape index (κ1) is 18.6. The number of guanidine groups is 1. The molecule has 1 aliphatic heterocycles. The lowest BCUT2D eigenvalue weighted by Gasteiger charge is -2.31. The Bertz CT molecular complexity index is 904. The number of hydrogen-bond donors (Lipinski definition) is 1. The molecule has 0 fully saturated rings. The number of nitrogens with one attached hydrogen (secondary N) is 1. The molecule has 4 rings (SSSR count). The summed E-state index contributed by atoms with van der Waals surface area (Å²) in [6.07, 6.45) is 3.86. The second kappa shape index (κ2) is 8.48. The van der Waals surface area contributed by atoms with Gasteiger partial charge in [0.1, 0.15) is 5.82 Å². The van der Waals surface area contributed by atoms with Crippen LogP contribution in [-0.2, 0) is 19.4 Å². The Morgan fingerprint density at radius 1 is 1.12 bits per heavy atom. The van der Waals surface area contributed by atoms with E-state index in [-0.39, 0.29) is 24.0 Å². The van der Waals surface area contributed by atoms with E-state index in [4.69, 9.17) is 0 Å². The molecule has 0 unspecified atom stereocenters. The fourth-order valence-corrected chi connectivity index (χ4v) is 3.36. The SMILES string of the molecule is CN=C(NCCc1nnc2ccccn12)N1CCc2ccccc2C1.I. The number of rotatable bonds is 3. The Morgan fingerprint density at radius 2 is 1.92 bits per heavy atom. The van der Waals surface area contributed by atoms with E-state index in [0.717, 1.165) is 49.9 Å². The van der Waals surface area contributed by atoms with Crippen LogP contribution in [0.5, 0.6) is 0 Å². The number of aromatic nitrogens is 3. The summed E-state index contributed by atoms with van der Waals surface area (Å²) in [6, 6.07) is 14.6. The van der Waals surface area contributed by atoms with Gasteiger partial charge in [-0.05, 0) is 29.7 Å². The lowest BCUT2D eigenvalue weighted by atomic mass is 10.0. The van der Waals surface area contributed by atoms with E-state index in [1.807, 2.05) is 35.8 Å². The van der Waals surface area contributed by atoms with Gasteiger partial charge in [0.05, 0.1) is 0 Å². The first-order valence-electron chi connectivity index (χ1n) is 8.66. The molecule has 136 valence electrons. The zero-order valence-corrected chi connectivity index (χ0v) is 17.1. The van der Waals surface area contributed by atoms with Crippen molar-refractivity contribution in [3.8, 4) is 0 Å². The molecule has 7 heteroatoms. The zero-order chi connectivity index (χ0) is 17.1. The summed E-state index contributed by atoms with van der Waals surface area (Å²) < 4.78 is 2.03. The summed E-state index contributed by atoms with van der Waals surface area (Å²) in [5.41, 5.74) is 3.72. The van der Waals surface area contributed by atoms with E-state index in [1.165, 1.54) is 11.1 Å². The molecule has 0 atom stereocenters. The maximum absolute atomic E-state index is 4.45. The largest absolute Gasteiger partial charge is 0.356 e. The minimum Gasteiger partial charge on any atom is -0.356 e. The standard InChI is InChI=1S/C19H22N6.HI/c1-20-19(24-13-10-15-6-2-3-7-16(15)14-24)21-11-9-18-23-22-17-8-4-5-12-25(17)18;/h2-8,12H,9-11,13-14H2,1H3,(H,20,21);1H. The van der Waals surface area contributed by atoms with Crippen molar-refractivity contribution in [2.45, 2.75) is 19.4 Å². The molecule has 0 saturated heterocycles. The van der Waals surface area contributed by atoms with E-state index in [9.17, 15) is 0 Å². The van der Waals surface area contributed by atoms with Gasteiger partial charge in [0, 0.05) is 39.3 Å². The molecule has 0 aliphatic carbocycles. The van der Waals surface area contributed by atoms with Crippen LogP contribution in [0.1, 0.15) is 17.0 Å². The average Bonchev–Trinajstić information content (AvgIpc) is 3.08. The van der Waals surface area contributed by atoms with E-state index >= 15 is 0 Å². The molecule has 6 nitrogen and oxygen atoms in total. The van der Waals surface area contributed by atoms with Gasteiger partial charge in [0.15, 0.2) is 11.6 Å². The first-order chi connectivity index (χ1) is 12.3. The molecule has 26 heavy (non-hydrogen) atoms. The molecule has 3 aromatic rings. The topological polar surface area (TPSA) is 57.8 Å². The molecule has 0 spiro atoms. The van der Waals surface area contributed by atoms with Gasteiger partial charge in [-0.3, -0.25) is 9.39 Å². The highest BCUT2D eigenvalue weighted by atomic mass is 127. The van der Waals surface area contributed by atoms with Crippen molar-refractivity contribution in [3.05, 3.63) is 65.6 Å². The predicted octanol–water partition coefficient (Wildman–Crippen LogP) is 2.52. The number of fused-ring (bicyclic) bond motifs is 2. The van der Waals surface area contributed by atoms with Gasteiger partial charge in [-0.15, -0.1) is 34.2 Å². The normalized spacial score (nSPS) is 14.0. The third-order valence-corrected chi connectivity index (χ3v) is 4.66. The van der Waals surface area contributed by atoms with Gasteiger partial charge in [0.25, 0.3) is 0 Å². The van der Waals surface area contributed by atoms with Crippen LogP contribution in [-0.4, -0.2) is 45.6 Å². The van der Waals surface area contributed by atoms with Gasteiger partial charge in [-0.25, -0.2) is 0 Å². The minimum atomic E-state index is 0. The molecule has 0 amide bonds. The summed E-state index contributed by atoms with van der Waals surface area (Å²) in [7, 11) is 1.84. The van der Waals surface area contributed by atoms with Crippen LogP contribution in [0.3, 0.4) is 0 Å². The van der Waals surface area contributed by atoms with Crippen LogP contribution >= 0.6 is 24.0 Å². The van der Waals surface area contributed by atoms with Crippen molar-refractivity contribution in [2.24, 2.45) is 4.99 Å². The highest BCUT2D eigenvalue weighted by Crippen LogP contribution is 2.18. The van der Waals surface area contributed by atoms with Crippen molar-refractivity contribution in [1.82, 2.24) is 24.8 Å². The maximum Gasteiger partial charge on any atom is 0.193 e. The fraction of sp³-hybridized carbons (Fsp3) is 0.316. The Balaban J connectivity index is 0.00000196. The van der Waals surface area contributed by atoms with E-state index < -0.39 is 0 Å². The van der Waals surface area contributed by atoms with Crippen molar-refractivity contribution >= 4 is 35.6 Å². The second-order valence-corrected chi connectivity index (χ2v) is 6.21. The molecule has 2 aromatic heterocycles. The van der Waals surface area contributed by atoms with Crippen molar-refractivity contribution in [3.63, 3.8) is 0 Å². The van der Waals surface area contributed by atoms with Crippen LogP contribution in [0.15, 0.2) is 53.7 Å². The lowest BCUT2D eigenvalue weighted by Crippen LogP contribution is -2.44. The smallest absolute Gasteiger partial charge is 0.193 e. The van der Waals surface area contributed by atoms with Crippen LogP contribution in [0, 0.1) is 0 Å². The molecule has 0 radical (unpaired) electrons. The molecule has 1 aliphatic rings. The van der Waals surface area contributed by atoms with Gasteiger partial charge >= 0.3 is 0 Å². The van der Waals surface area contributed by atoms with Gasteiger partial charge in [0.2, 0.25) is 0 Å². The van der Waals surface area contributed by atoms with E-state index in [1.54, 1.807) is 0 Å². The van der Waals surface area contributed by atoms with Crippen molar-refractivity contribution in [2.75, 3.05) is 20.1 Å². The summed E-state index contributed by atoms with van der Waals surface area (Å²) in [6.45, 7) is 2.68. The predicted molar refractivity (Wildman–Crippen MR) is 114 cm³/mol. The monoisotopic (exact) mass is 462 g/mol. The Hall–Kier alpha value is -2.16. The highest BCUT2D eigenvalue weighted by Gasteiger charge is 2.18. The molecule has 1 aromatic carbocycles. The minimum absolute atomic E-state index is 0. The lowest BCUT2D eigenvalue weighted by molar-refractivity contribution is 0.379. The number of pyridine rings is 1. The van der Waals surface area contributed by atoms with E-state index in [0.29, 0.717) is 0 Å². The first-order valence-corrected chi connectivity index (χ1v) is 8.66. The zero-order valence-electron chi connectivity index (χ0n) is 14.8. The van der Waals surface area contributed by atoms with Crippen LogP contribution < -0.4 is 5.32 Å². The molecule has 3 heterocycles. The van der Waals surface area contributed by atoms with Gasteiger partial charge < -0.3 is 10.2 Å². The molecular weight excluding hydrogens is 439 g/mol. The average molecular weight is 462 g/mol. The number of halogens is 1. The quantitative estimate of drug-likeness (QED) is 0.369. The Morgan fingerprint density at radius 3 is 2.77 bits per heavy atom. The Kier molecular flexibility index (Phi) is 6.08. The summed E-state index contributed by atoms with van der Waals surface area (Å²) in [5.74, 6) is 1.91. The number of nitrogens with zero attached hydrogens (tertiary/aromatic N) is 5. The maximum atomic E-state index is 4.45. The van der Waals surface area contributed by atoms with Crippen molar-refractivity contribution < 1.29 is 0 Å². The third-order valence-electron chi connectivity index (χ3n) is 4.66. The number of hydrogen-bond acceptors (Lipinski definition) is 3. The number of benzene rings is 1. The van der Waals surface area contributed by atoms with E-state index in [2.05, 4.69) is 49.7 Å². The number of aliphatic imine (C=N–C) groups is 1. The molecule has 0 saturated carbocycles. The van der Waals surface area contributed by atoms with Crippen LogP contribution in [0.4, 0.5) is 0 Å². The second-order valence-electron chi connectivity index (χ2n) is 6.21. The summed E-state index contributed by atoms with van der Waals surface area (Å²) in [5, 5.41) is 11.9. The van der Waals surface area contributed by atoms with Crippen LogP contribution in [0.2, 0.25) is 0 Å². The van der Waals surface area contributed by atoms with Gasteiger partial charge in [-0.1, -0.05) is 30.3 Å². The molecule has 0 bridgehead atoms. The fourth-order valence-electron chi connectivity index (χ4n) is 3.36. The third kappa shape index (κ3) is 3.82. The van der Waals surface area contributed by atoms with Crippen LogP contribution in [0.25, 0.3) is 5.65 Å². The summed E-state index contributed by atoms with van der Waals surface area (Å²) in [4.78, 5) is 6.76. The molecule has 1 N–H and O–H groups in total. The Labute approximate surface area is 170 Å². The highest BCUT2D eigenvalue weighted by molar-refractivity contribution is 14.0. The molecular formula is C19H23IN6. The summed E-state index contributed by atoms with van der Waals surface area (Å²) >= 11 is 0. The van der Waals surface area contributed by atoms with Crippen molar-refractivity contribution in [1.29, 1.82) is 0 Å².